The Balaban J connectivity index is 1.85. The number of alkyl carbamates (subject to hydrolysis) is 1. The van der Waals surface area contributed by atoms with Crippen molar-refractivity contribution in [2.75, 3.05) is 0 Å². The number of aromatic hydroxyl groups is 1. The van der Waals surface area contributed by atoms with Gasteiger partial charge in [-0.15, -0.1) is 0 Å². The molecule has 1 amide bonds. The summed E-state index contributed by atoms with van der Waals surface area (Å²) in [6, 6.07) is 15.1. The van der Waals surface area contributed by atoms with Gasteiger partial charge < -0.3 is 20.3 Å². The van der Waals surface area contributed by atoms with Gasteiger partial charge in [-0.1, -0.05) is 42.5 Å². The fourth-order valence-electron chi connectivity index (χ4n) is 2.03. The average Bonchev–Trinajstić information content (AvgIpc) is 2.53. The molecule has 0 heterocycles. The summed E-state index contributed by atoms with van der Waals surface area (Å²) < 4.78 is 5.10. The number of rotatable bonds is 5. The molecule has 5 nitrogen and oxygen atoms in total. The third-order valence-electron chi connectivity index (χ3n) is 3.24. The van der Waals surface area contributed by atoms with Gasteiger partial charge in [-0.25, -0.2) is 4.79 Å². The van der Waals surface area contributed by atoms with Crippen LogP contribution in [0.15, 0.2) is 54.6 Å². The van der Waals surface area contributed by atoms with Crippen molar-refractivity contribution in [3.8, 4) is 5.75 Å². The monoisotopic (exact) mass is 301 g/mol. The number of benzene rings is 2. The summed E-state index contributed by atoms with van der Waals surface area (Å²) >= 11 is 0. The van der Waals surface area contributed by atoms with E-state index < -0.39 is 18.2 Å². The molecular formula is C17H19NO4. The number of nitrogens with one attached hydrogen (secondary N) is 1. The van der Waals surface area contributed by atoms with Crippen molar-refractivity contribution in [1.82, 2.24) is 5.32 Å². The first-order valence-corrected chi connectivity index (χ1v) is 7.00. The lowest BCUT2D eigenvalue weighted by molar-refractivity contribution is 0.106. The minimum atomic E-state index is -0.934. The molecule has 22 heavy (non-hydrogen) atoms. The number of amides is 1. The van der Waals surface area contributed by atoms with E-state index in [2.05, 4.69) is 5.32 Å². The van der Waals surface area contributed by atoms with Crippen molar-refractivity contribution in [2.45, 2.75) is 25.7 Å². The van der Waals surface area contributed by atoms with E-state index in [1.165, 1.54) is 12.1 Å². The zero-order valence-corrected chi connectivity index (χ0v) is 12.3. The molecule has 2 rings (SSSR count). The van der Waals surface area contributed by atoms with Gasteiger partial charge in [0.2, 0.25) is 0 Å². The molecule has 2 aromatic rings. The topological polar surface area (TPSA) is 78.8 Å². The first-order valence-electron chi connectivity index (χ1n) is 7.00. The molecule has 0 aliphatic carbocycles. The maximum atomic E-state index is 11.7. The minimum absolute atomic E-state index is 0.0652. The number of carbonyl (C=O) groups is 1. The standard InChI is InChI=1S/C17H19NO4/c1-12(16(20)14-8-5-9-15(19)10-14)18-17(21)22-11-13-6-3-2-4-7-13/h2-10,12,16,19-20H,11H2,1H3,(H,18,21)/t12-,16+/m1/s1. The van der Waals surface area contributed by atoms with E-state index in [-0.39, 0.29) is 12.4 Å². The van der Waals surface area contributed by atoms with Gasteiger partial charge in [0.1, 0.15) is 12.4 Å². The second kappa shape index (κ2) is 7.47. The average molecular weight is 301 g/mol. The molecule has 0 bridgehead atoms. The highest BCUT2D eigenvalue weighted by atomic mass is 16.5. The van der Waals surface area contributed by atoms with Gasteiger partial charge in [-0.2, -0.15) is 0 Å². The van der Waals surface area contributed by atoms with Crippen molar-refractivity contribution < 1.29 is 19.7 Å². The molecule has 2 atom stereocenters. The number of aliphatic hydroxyl groups is 1. The number of phenolic OH excluding ortho intramolecular Hbond substituents is 1. The van der Waals surface area contributed by atoms with Crippen LogP contribution >= 0.6 is 0 Å². The summed E-state index contributed by atoms with van der Waals surface area (Å²) in [4.78, 5) is 11.7. The van der Waals surface area contributed by atoms with E-state index >= 15 is 0 Å². The summed E-state index contributed by atoms with van der Waals surface area (Å²) in [6.07, 6.45) is -1.54. The third kappa shape index (κ3) is 4.49. The van der Waals surface area contributed by atoms with Crippen LogP contribution in [0.3, 0.4) is 0 Å². The number of hydrogen-bond donors (Lipinski definition) is 3. The van der Waals surface area contributed by atoms with Gasteiger partial charge in [0.15, 0.2) is 0 Å². The Labute approximate surface area is 129 Å². The van der Waals surface area contributed by atoms with E-state index in [9.17, 15) is 15.0 Å². The summed E-state index contributed by atoms with van der Waals surface area (Å²) in [5.74, 6) is 0.0652. The Kier molecular flexibility index (Phi) is 5.38. The van der Waals surface area contributed by atoms with Crippen molar-refractivity contribution in [3.05, 3.63) is 65.7 Å². The number of phenols is 1. The zero-order chi connectivity index (χ0) is 15.9. The minimum Gasteiger partial charge on any atom is -0.508 e. The highest BCUT2D eigenvalue weighted by Crippen LogP contribution is 2.20. The Morgan fingerprint density at radius 3 is 2.59 bits per heavy atom. The van der Waals surface area contributed by atoms with Gasteiger partial charge in [0.25, 0.3) is 0 Å². The summed E-state index contributed by atoms with van der Waals surface area (Å²) in [5.41, 5.74) is 1.41. The zero-order valence-electron chi connectivity index (χ0n) is 12.3. The molecule has 0 saturated carbocycles. The summed E-state index contributed by atoms with van der Waals surface area (Å²) in [6.45, 7) is 1.83. The van der Waals surface area contributed by atoms with E-state index in [0.29, 0.717) is 5.56 Å². The highest BCUT2D eigenvalue weighted by molar-refractivity contribution is 5.67. The van der Waals surface area contributed by atoms with E-state index in [1.807, 2.05) is 30.3 Å². The molecular weight excluding hydrogens is 282 g/mol. The largest absolute Gasteiger partial charge is 0.508 e. The van der Waals surface area contributed by atoms with Gasteiger partial charge in [-0.05, 0) is 30.2 Å². The van der Waals surface area contributed by atoms with Crippen molar-refractivity contribution in [3.63, 3.8) is 0 Å². The van der Waals surface area contributed by atoms with Gasteiger partial charge >= 0.3 is 6.09 Å². The van der Waals surface area contributed by atoms with Crippen LogP contribution in [-0.4, -0.2) is 22.3 Å². The van der Waals surface area contributed by atoms with Crippen LogP contribution in [0.2, 0.25) is 0 Å². The smallest absolute Gasteiger partial charge is 0.407 e. The molecule has 0 aliphatic rings. The number of aliphatic hydroxyl groups excluding tert-OH is 1. The van der Waals surface area contributed by atoms with Crippen molar-refractivity contribution in [2.24, 2.45) is 0 Å². The second-order valence-corrected chi connectivity index (χ2v) is 5.03. The quantitative estimate of drug-likeness (QED) is 0.793. The molecule has 0 fully saturated rings. The third-order valence-corrected chi connectivity index (χ3v) is 3.24. The lowest BCUT2D eigenvalue weighted by Crippen LogP contribution is -2.37. The van der Waals surface area contributed by atoms with Crippen molar-refractivity contribution >= 4 is 6.09 Å². The Morgan fingerprint density at radius 2 is 1.91 bits per heavy atom. The molecule has 0 radical (unpaired) electrons. The normalized spacial score (nSPS) is 13.2. The van der Waals surface area contributed by atoms with Gasteiger partial charge in [0, 0.05) is 0 Å². The summed E-state index contributed by atoms with van der Waals surface area (Å²) in [5, 5.41) is 22.2. The van der Waals surface area contributed by atoms with Crippen LogP contribution < -0.4 is 5.32 Å². The lowest BCUT2D eigenvalue weighted by Gasteiger charge is -2.20. The molecule has 2 aromatic carbocycles. The fraction of sp³-hybridized carbons (Fsp3) is 0.235. The molecule has 3 N–H and O–H groups in total. The van der Waals surface area contributed by atoms with E-state index in [4.69, 9.17) is 4.74 Å². The molecule has 0 aromatic heterocycles. The first kappa shape index (κ1) is 15.9. The lowest BCUT2D eigenvalue weighted by atomic mass is 10.0. The van der Waals surface area contributed by atoms with Crippen LogP contribution in [-0.2, 0) is 11.3 Å². The van der Waals surface area contributed by atoms with E-state index in [0.717, 1.165) is 5.56 Å². The number of carbonyl (C=O) groups excluding carboxylic acids is 1. The Bertz CT molecular complexity index is 615. The molecule has 116 valence electrons. The second-order valence-electron chi connectivity index (χ2n) is 5.03. The maximum absolute atomic E-state index is 11.7. The number of hydrogen-bond acceptors (Lipinski definition) is 4. The summed E-state index contributed by atoms with van der Waals surface area (Å²) in [7, 11) is 0. The fourth-order valence-corrected chi connectivity index (χ4v) is 2.03. The maximum Gasteiger partial charge on any atom is 0.407 e. The molecule has 0 unspecified atom stereocenters. The van der Waals surface area contributed by atoms with Crippen LogP contribution in [0.5, 0.6) is 5.75 Å². The highest BCUT2D eigenvalue weighted by Gasteiger charge is 2.19. The van der Waals surface area contributed by atoms with Crippen LogP contribution in [0.4, 0.5) is 4.79 Å². The van der Waals surface area contributed by atoms with Gasteiger partial charge in [-0.3, -0.25) is 0 Å². The SMILES string of the molecule is C[C@@H](NC(=O)OCc1ccccc1)[C@H](O)c1cccc(O)c1. The molecule has 5 heteroatoms. The molecule has 0 spiro atoms. The van der Waals surface area contributed by atoms with Crippen LogP contribution in [0.1, 0.15) is 24.2 Å². The molecule has 0 saturated heterocycles. The number of ether oxygens (including phenoxy) is 1. The predicted molar refractivity (Wildman–Crippen MR) is 82.3 cm³/mol. The van der Waals surface area contributed by atoms with Crippen molar-refractivity contribution in [1.29, 1.82) is 0 Å². The first-order chi connectivity index (χ1) is 10.6. The molecule has 0 aliphatic heterocycles. The van der Waals surface area contributed by atoms with E-state index in [1.54, 1.807) is 19.1 Å². The Morgan fingerprint density at radius 1 is 1.18 bits per heavy atom. The van der Waals surface area contributed by atoms with Crippen LogP contribution in [0, 0.1) is 0 Å². The Hall–Kier alpha value is -2.53. The van der Waals surface area contributed by atoms with Crippen LogP contribution in [0.25, 0.3) is 0 Å². The predicted octanol–water partition coefficient (Wildman–Crippen LogP) is 2.74. The van der Waals surface area contributed by atoms with Gasteiger partial charge in [0.05, 0.1) is 12.1 Å².